The molecule has 0 spiro atoms. The fourth-order valence-corrected chi connectivity index (χ4v) is 4.06. The van der Waals surface area contributed by atoms with Gasteiger partial charge in [-0.1, -0.05) is 36.4 Å². The van der Waals surface area contributed by atoms with Crippen LogP contribution in [0.1, 0.15) is 22.0 Å². The largest absolute Gasteiger partial charge is 0.507 e. The van der Waals surface area contributed by atoms with Gasteiger partial charge in [-0.2, -0.15) is 0 Å². The first kappa shape index (κ1) is 18.1. The fourth-order valence-electron chi connectivity index (χ4n) is 3.36. The highest BCUT2D eigenvalue weighted by Crippen LogP contribution is 2.40. The highest BCUT2D eigenvalue weighted by Gasteiger charge is 2.46. The molecule has 1 aliphatic rings. The summed E-state index contributed by atoms with van der Waals surface area (Å²) in [5.41, 5.74) is 1.03. The zero-order valence-electron chi connectivity index (χ0n) is 14.7. The van der Waals surface area contributed by atoms with Crippen molar-refractivity contribution < 1.29 is 19.1 Å². The average molecular weight is 393 g/mol. The molecule has 1 aromatic heterocycles. The van der Waals surface area contributed by atoms with Gasteiger partial charge in [-0.15, -0.1) is 11.3 Å². The van der Waals surface area contributed by atoms with E-state index in [-0.39, 0.29) is 23.4 Å². The summed E-state index contributed by atoms with van der Waals surface area (Å²) in [7, 11) is 0. The molecule has 1 aliphatic heterocycles. The molecule has 1 fully saturated rings. The highest BCUT2D eigenvalue weighted by molar-refractivity contribution is 7.09. The minimum absolute atomic E-state index is 0.0133. The van der Waals surface area contributed by atoms with Gasteiger partial charge in [0.05, 0.1) is 18.2 Å². The summed E-state index contributed by atoms with van der Waals surface area (Å²) < 4.78 is 13.3. The molecule has 1 unspecified atom stereocenters. The van der Waals surface area contributed by atoms with Crippen molar-refractivity contribution in [2.24, 2.45) is 0 Å². The number of nitrogens with zero attached hydrogens (tertiary/aromatic N) is 1. The van der Waals surface area contributed by atoms with Crippen LogP contribution in [-0.2, 0) is 16.1 Å². The number of ketones is 1. The lowest BCUT2D eigenvalue weighted by Gasteiger charge is -2.24. The maximum atomic E-state index is 13.3. The van der Waals surface area contributed by atoms with Crippen molar-refractivity contribution in [3.63, 3.8) is 0 Å². The van der Waals surface area contributed by atoms with Crippen LogP contribution < -0.4 is 0 Å². The van der Waals surface area contributed by atoms with Gasteiger partial charge in [0, 0.05) is 10.4 Å². The molecule has 4 rings (SSSR count). The summed E-state index contributed by atoms with van der Waals surface area (Å²) >= 11 is 1.49. The Morgan fingerprint density at radius 3 is 2.36 bits per heavy atom. The molecule has 3 aromatic rings. The zero-order chi connectivity index (χ0) is 19.7. The third-order valence-corrected chi connectivity index (χ3v) is 5.54. The molecule has 1 saturated heterocycles. The molecule has 0 radical (unpaired) electrons. The van der Waals surface area contributed by atoms with Crippen molar-refractivity contribution in [2.45, 2.75) is 12.6 Å². The number of benzene rings is 2. The van der Waals surface area contributed by atoms with E-state index in [0.29, 0.717) is 0 Å². The molecular weight excluding hydrogens is 377 g/mol. The van der Waals surface area contributed by atoms with Crippen molar-refractivity contribution in [1.29, 1.82) is 0 Å². The first-order valence-electron chi connectivity index (χ1n) is 8.68. The minimum atomic E-state index is -0.743. The third kappa shape index (κ3) is 3.23. The summed E-state index contributed by atoms with van der Waals surface area (Å²) in [6.07, 6.45) is 0. The Hall–Kier alpha value is -3.25. The summed E-state index contributed by atoms with van der Waals surface area (Å²) in [5.74, 6) is -2.16. The molecule has 1 amide bonds. The number of likely N-dealkylation sites (tertiary alicyclic amines) is 1. The molecule has 0 aliphatic carbocycles. The summed E-state index contributed by atoms with van der Waals surface area (Å²) in [4.78, 5) is 28.0. The molecule has 2 aromatic carbocycles. The standard InChI is InChI=1S/C22H16FNO3S/c23-16-10-8-15(9-11-16)20(25)18-19(14-5-2-1-3-6-14)24(22(27)21(18)26)13-17-7-4-12-28-17/h1-12,19,25H,13H2/b20-18+. The molecule has 140 valence electrons. The second-order valence-corrected chi connectivity index (χ2v) is 7.46. The first-order valence-corrected chi connectivity index (χ1v) is 9.56. The number of aliphatic hydroxyl groups is 1. The van der Waals surface area contributed by atoms with Crippen molar-refractivity contribution >= 4 is 28.8 Å². The van der Waals surface area contributed by atoms with E-state index in [1.54, 1.807) is 0 Å². The first-order chi connectivity index (χ1) is 13.6. The quantitative estimate of drug-likeness (QED) is 0.403. The van der Waals surface area contributed by atoms with Gasteiger partial charge >= 0.3 is 0 Å². The summed E-state index contributed by atoms with van der Waals surface area (Å²) in [6, 6.07) is 17.4. The number of carbonyl (C=O) groups is 2. The van der Waals surface area contributed by atoms with Gasteiger partial charge in [-0.3, -0.25) is 9.59 Å². The summed E-state index contributed by atoms with van der Waals surface area (Å²) in [5, 5.41) is 12.7. The Kier molecular flexibility index (Phi) is 4.79. The molecule has 1 N–H and O–H groups in total. The Morgan fingerprint density at radius 1 is 1.00 bits per heavy atom. The van der Waals surface area contributed by atoms with E-state index in [2.05, 4.69) is 0 Å². The Labute approximate surface area is 165 Å². The Balaban J connectivity index is 1.85. The van der Waals surface area contributed by atoms with Crippen molar-refractivity contribution in [3.05, 3.63) is 99.5 Å². The van der Waals surface area contributed by atoms with Crippen LogP contribution in [0.15, 0.2) is 77.7 Å². The fraction of sp³-hybridized carbons (Fsp3) is 0.0909. The lowest BCUT2D eigenvalue weighted by molar-refractivity contribution is -0.140. The Morgan fingerprint density at radius 2 is 1.71 bits per heavy atom. The number of halogens is 1. The number of hydrogen-bond acceptors (Lipinski definition) is 4. The number of rotatable bonds is 4. The smallest absolute Gasteiger partial charge is 0.295 e. The normalized spacial score (nSPS) is 18.6. The van der Waals surface area contributed by atoms with Crippen LogP contribution in [0.3, 0.4) is 0 Å². The second-order valence-electron chi connectivity index (χ2n) is 6.42. The van der Waals surface area contributed by atoms with Gasteiger partial charge in [0.15, 0.2) is 0 Å². The predicted octanol–water partition coefficient (Wildman–Crippen LogP) is 4.51. The number of carbonyl (C=O) groups excluding carboxylic acids is 2. The third-order valence-electron chi connectivity index (χ3n) is 4.68. The lowest BCUT2D eigenvalue weighted by Crippen LogP contribution is -2.28. The minimum Gasteiger partial charge on any atom is -0.507 e. The van der Waals surface area contributed by atoms with E-state index < -0.39 is 23.5 Å². The predicted molar refractivity (Wildman–Crippen MR) is 105 cm³/mol. The van der Waals surface area contributed by atoms with E-state index in [9.17, 15) is 19.1 Å². The second kappa shape index (κ2) is 7.40. The number of amides is 1. The number of hydrogen-bond donors (Lipinski definition) is 1. The van der Waals surface area contributed by atoms with Gasteiger partial charge in [0.25, 0.3) is 11.7 Å². The maximum absolute atomic E-state index is 13.3. The zero-order valence-corrected chi connectivity index (χ0v) is 15.5. The summed E-state index contributed by atoms with van der Waals surface area (Å²) in [6.45, 7) is 0.266. The van der Waals surface area contributed by atoms with Crippen molar-refractivity contribution in [1.82, 2.24) is 4.90 Å². The number of thiophene rings is 1. The average Bonchev–Trinajstić information content (AvgIpc) is 3.31. The van der Waals surface area contributed by atoms with Crippen LogP contribution in [0.4, 0.5) is 4.39 Å². The van der Waals surface area contributed by atoms with Crippen molar-refractivity contribution in [2.75, 3.05) is 0 Å². The molecule has 0 saturated carbocycles. The molecule has 28 heavy (non-hydrogen) atoms. The van der Waals surface area contributed by atoms with Crippen LogP contribution in [-0.4, -0.2) is 21.7 Å². The highest BCUT2D eigenvalue weighted by atomic mass is 32.1. The van der Waals surface area contributed by atoms with Crippen LogP contribution in [0, 0.1) is 5.82 Å². The van der Waals surface area contributed by atoms with E-state index in [1.807, 2.05) is 47.8 Å². The molecule has 4 nitrogen and oxygen atoms in total. The Bertz CT molecular complexity index is 1040. The number of Topliss-reactive ketones (excluding diaryl/α,β-unsaturated/α-hetero) is 1. The molecule has 0 bridgehead atoms. The lowest BCUT2D eigenvalue weighted by atomic mass is 9.95. The monoisotopic (exact) mass is 393 g/mol. The van der Waals surface area contributed by atoms with E-state index in [4.69, 9.17) is 0 Å². The van der Waals surface area contributed by atoms with Crippen molar-refractivity contribution in [3.8, 4) is 0 Å². The van der Waals surface area contributed by atoms with E-state index in [1.165, 1.54) is 40.5 Å². The van der Waals surface area contributed by atoms with Gasteiger partial charge in [0.2, 0.25) is 0 Å². The van der Waals surface area contributed by atoms with Gasteiger partial charge in [0.1, 0.15) is 11.6 Å². The van der Waals surface area contributed by atoms with E-state index in [0.717, 1.165) is 10.4 Å². The molecular formula is C22H16FNO3S. The van der Waals surface area contributed by atoms with Gasteiger partial charge < -0.3 is 10.0 Å². The van der Waals surface area contributed by atoms with Crippen LogP contribution >= 0.6 is 11.3 Å². The van der Waals surface area contributed by atoms with Gasteiger partial charge in [-0.05, 0) is 41.3 Å². The van der Waals surface area contributed by atoms with Gasteiger partial charge in [-0.25, -0.2) is 4.39 Å². The number of aliphatic hydroxyl groups excluding tert-OH is 1. The van der Waals surface area contributed by atoms with Crippen LogP contribution in [0.2, 0.25) is 0 Å². The molecule has 1 atom stereocenters. The molecule has 6 heteroatoms. The topological polar surface area (TPSA) is 57.6 Å². The molecule has 2 heterocycles. The maximum Gasteiger partial charge on any atom is 0.295 e. The SMILES string of the molecule is O=C1C(=O)N(Cc2cccs2)C(c2ccccc2)/C1=C(\O)c1ccc(F)cc1. The van der Waals surface area contributed by atoms with E-state index >= 15 is 0 Å². The van der Waals surface area contributed by atoms with Crippen LogP contribution in [0.25, 0.3) is 5.76 Å². The van der Waals surface area contributed by atoms with Crippen LogP contribution in [0.5, 0.6) is 0 Å².